The van der Waals surface area contributed by atoms with Gasteiger partial charge in [-0.1, -0.05) is 0 Å². The molecule has 0 radical (unpaired) electrons. The van der Waals surface area contributed by atoms with Crippen LogP contribution in [0.4, 0.5) is 9.59 Å². The molecule has 15 heavy (non-hydrogen) atoms. The van der Waals surface area contributed by atoms with Crippen molar-refractivity contribution in [3.63, 3.8) is 0 Å². The number of urea groups is 1. The van der Waals surface area contributed by atoms with Crippen LogP contribution in [0.15, 0.2) is 5.10 Å². The summed E-state index contributed by atoms with van der Waals surface area (Å²) in [6.45, 7) is 3.02. The van der Waals surface area contributed by atoms with E-state index in [1.807, 2.05) is 0 Å². The first-order valence-corrected chi connectivity index (χ1v) is 4.66. The third-order valence-electron chi connectivity index (χ3n) is 1.89. The predicted octanol–water partition coefficient (Wildman–Crippen LogP) is -0.127. The second kappa shape index (κ2) is 5.18. The smallest absolute Gasteiger partial charge is 0.410 e. The zero-order chi connectivity index (χ0) is 11.3. The van der Waals surface area contributed by atoms with E-state index in [-0.39, 0.29) is 6.09 Å². The first-order chi connectivity index (χ1) is 7.13. The van der Waals surface area contributed by atoms with Gasteiger partial charge in [-0.25, -0.2) is 15.0 Å². The van der Waals surface area contributed by atoms with Gasteiger partial charge in [-0.15, -0.1) is 0 Å². The lowest BCUT2D eigenvalue weighted by Crippen LogP contribution is -2.30. The minimum Gasteiger partial charge on any atom is -0.450 e. The van der Waals surface area contributed by atoms with Gasteiger partial charge >= 0.3 is 12.1 Å². The number of carbonyl (C=O) groups excluding carboxylic acids is 2. The molecule has 1 fully saturated rings. The van der Waals surface area contributed by atoms with Crippen molar-refractivity contribution in [2.24, 2.45) is 10.8 Å². The van der Waals surface area contributed by atoms with E-state index in [1.165, 1.54) is 4.90 Å². The van der Waals surface area contributed by atoms with Crippen LogP contribution in [-0.2, 0) is 4.74 Å². The maximum Gasteiger partial charge on any atom is 0.410 e. The summed E-state index contributed by atoms with van der Waals surface area (Å²) in [4.78, 5) is 23.2. The Hall–Kier alpha value is -1.79. The summed E-state index contributed by atoms with van der Waals surface area (Å²) in [7, 11) is 0. The molecule has 7 nitrogen and oxygen atoms in total. The number of hydrazone groups is 1. The molecule has 1 saturated heterocycles. The van der Waals surface area contributed by atoms with E-state index in [2.05, 4.69) is 10.5 Å². The number of rotatable bonds is 2. The Morgan fingerprint density at radius 1 is 1.67 bits per heavy atom. The largest absolute Gasteiger partial charge is 0.450 e. The van der Waals surface area contributed by atoms with Gasteiger partial charge in [-0.05, 0) is 6.92 Å². The molecule has 0 unspecified atom stereocenters. The van der Waals surface area contributed by atoms with Gasteiger partial charge in [0, 0.05) is 13.0 Å². The molecule has 1 aliphatic rings. The second-order valence-corrected chi connectivity index (χ2v) is 3.02. The zero-order valence-electron chi connectivity index (χ0n) is 8.52. The number of amides is 3. The first-order valence-electron chi connectivity index (χ1n) is 4.66. The molecule has 0 atom stereocenters. The Labute approximate surface area is 87.2 Å². The molecule has 7 heteroatoms. The lowest BCUT2D eigenvalue weighted by Gasteiger charge is -2.13. The van der Waals surface area contributed by atoms with Gasteiger partial charge in [-0.2, -0.15) is 5.10 Å². The molecule has 3 N–H and O–H groups in total. The number of primary amides is 1. The van der Waals surface area contributed by atoms with Crippen molar-refractivity contribution in [2.75, 3.05) is 19.7 Å². The summed E-state index contributed by atoms with van der Waals surface area (Å²) >= 11 is 0. The number of nitrogens with one attached hydrogen (secondary N) is 1. The summed E-state index contributed by atoms with van der Waals surface area (Å²) in [6, 6.07) is -0.711. The fourth-order valence-corrected chi connectivity index (χ4v) is 1.24. The molecule has 0 aromatic rings. The average Bonchev–Trinajstić information content (AvgIpc) is 2.63. The lowest BCUT2D eigenvalue weighted by molar-refractivity contribution is 0.117. The lowest BCUT2D eigenvalue weighted by atomic mass is 10.3. The van der Waals surface area contributed by atoms with Crippen molar-refractivity contribution in [1.82, 2.24) is 10.3 Å². The van der Waals surface area contributed by atoms with Gasteiger partial charge in [0.25, 0.3) is 0 Å². The number of hydrogen-bond donors (Lipinski definition) is 2. The highest BCUT2D eigenvalue weighted by molar-refractivity contribution is 5.92. The number of ether oxygens (including phenoxy) is 1. The summed E-state index contributed by atoms with van der Waals surface area (Å²) in [6.07, 6.45) is 0.265. The van der Waals surface area contributed by atoms with Crippen molar-refractivity contribution < 1.29 is 14.3 Å². The molecule has 0 bridgehead atoms. The fourth-order valence-electron chi connectivity index (χ4n) is 1.24. The van der Waals surface area contributed by atoms with Crippen molar-refractivity contribution in [3.8, 4) is 0 Å². The molecule has 1 rings (SSSR count). The van der Waals surface area contributed by atoms with E-state index in [4.69, 9.17) is 10.5 Å². The Morgan fingerprint density at radius 3 is 3.00 bits per heavy atom. The number of carbonyl (C=O) groups is 2. The van der Waals surface area contributed by atoms with E-state index < -0.39 is 6.03 Å². The van der Waals surface area contributed by atoms with Crippen LogP contribution in [0.25, 0.3) is 0 Å². The zero-order valence-corrected chi connectivity index (χ0v) is 8.52. The van der Waals surface area contributed by atoms with Crippen LogP contribution in [-0.4, -0.2) is 42.4 Å². The van der Waals surface area contributed by atoms with Crippen molar-refractivity contribution in [3.05, 3.63) is 0 Å². The Morgan fingerprint density at radius 2 is 2.40 bits per heavy atom. The molecule has 0 spiro atoms. The molecule has 0 aromatic carbocycles. The Balaban J connectivity index is 2.41. The molecule has 84 valence electrons. The SMILES string of the molecule is CCOC(=O)N1CC/C(=N/NC(N)=O)C1. The molecule has 0 aliphatic carbocycles. The first kappa shape index (κ1) is 11.3. The highest BCUT2D eigenvalue weighted by Gasteiger charge is 2.23. The van der Waals surface area contributed by atoms with Crippen molar-refractivity contribution in [2.45, 2.75) is 13.3 Å². The van der Waals surface area contributed by atoms with Gasteiger partial charge in [-0.3, -0.25) is 0 Å². The van der Waals surface area contributed by atoms with Gasteiger partial charge < -0.3 is 15.4 Å². The molecular formula is C8H14N4O3. The quantitative estimate of drug-likeness (QED) is 0.626. The topological polar surface area (TPSA) is 97.0 Å². The molecule has 0 aromatic heterocycles. The van der Waals surface area contributed by atoms with E-state index in [9.17, 15) is 9.59 Å². The molecular weight excluding hydrogens is 200 g/mol. The summed E-state index contributed by atoms with van der Waals surface area (Å²) in [5.74, 6) is 0. The van der Waals surface area contributed by atoms with Crippen LogP contribution in [0, 0.1) is 0 Å². The van der Waals surface area contributed by atoms with E-state index in [1.54, 1.807) is 6.92 Å². The van der Waals surface area contributed by atoms with Crippen LogP contribution in [0.2, 0.25) is 0 Å². The fraction of sp³-hybridized carbons (Fsp3) is 0.625. The van der Waals surface area contributed by atoms with Crippen molar-refractivity contribution in [1.29, 1.82) is 0 Å². The number of nitrogens with two attached hydrogens (primary N) is 1. The third kappa shape index (κ3) is 3.45. The predicted molar refractivity (Wildman–Crippen MR) is 53.4 cm³/mol. The maximum atomic E-state index is 11.3. The summed E-state index contributed by atoms with van der Waals surface area (Å²) in [5.41, 5.74) is 7.69. The van der Waals surface area contributed by atoms with Gasteiger partial charge in [0.15, 0.2) is 0 Å². The van der Waals surface area contributed by atoms with Crippen molar-refractivity contribution >= 4 is 17.8 Å². The summed E-state index contributed by atoms with van der Waals surface area (Å²) < 4.78 is 4.82. The summed E-state index contributed by atoms with van der Waals surface area (Å²) in [5, 5.41) is 3.76. The average molecular weight is 214 g/mol. The minimum atomic E-state index is -0.711. The van der Waals surface area contributed by atoms with E-state index in [0.717, 1.165) is 0 Å². The molecule has 1 heterocycles. The van der Waals surface area contributed by atoms with Gasteiger partial charge in [0.05, 0.1) is 18.9 Å². The minimum absolute atomic E-state index is 0.349. The monoisotopic (exact) mass is 214 g/mol. The normalized spacial score (nSPS) is 17.9. The van der Waals surface area contributed by atoms with E-state index in [0.29, 0.717) is 31.8 Å². The van der Waals surface area contributed by atoms with Crippen LogP contribution in [0.5, 0.6) is 0 Å². The molecule has 3 amide bonds. The second-order valence-electron chi connectivity index (χ2n) is 3.02. The maximum absolute atomic E-state index is 11.3. The Bertz CT molecular complexity index is 290. The number of hydrogen-bond acceptors (Lipinski definition) is 4. The van der Waals surface area contributed by atoms with E-state index >= 15 is 0 Å². The van der Waals surface area contributed by atoms with Crippen LogP contribution >= 0.6 is 0 Å². The highest BCUT2D eigenvalue weighted by Crippen LogP contribution is 2.07. The van der Waals surface area contributed by atoms with Gasteiger partial charge in [0.2, 0.25) is 0 Å². The standard InChI is InChI=1S/C8H14N4O3/c1-2-15-8(14)12-4-3-6(5-12)10-11-7(9)13/h2-5H2,1H3,(H3,9,11,13)/b10-6-. The molecule has 1 aliphatic heterocycles. The van der Waals surface area contributed by atoms with Crippen LogP contribution in [0.3, 0.4) is 0 Å². The molecule has 0 saturated carbocycles. The third-order valence-corrected chi connectivity index (χ3v) is 1.89. The van der Waals surface area contributed by atoms with Gasteiger partial charge in [0.1, 0.15) is 0 Å². The number of likely N-dealkylation sites (tertiary alicyclic amines) is 1. The van der Waals surface area contributed by atoms with Crippen LogP contribution < -0.4 is 11.2 Å². The Kier molecular flexibility index (Phi) is 3.90. The van der Waals surface area contributed by atoms with Crippen LogP contribution in [0.1, 0.15) is 13.3 Å². The number of nitrogens with zero attached hydrogens (tertiary/aromatic N) is 2. The highest BCUT2D eigenvalue weighted by atomic mass is 16.6.